The Bertz CT molecular complexity index is 1010. The van der Waals surface area contributed by atoms with E-state index in [0.717, 1.165) is 50.4 Å². The molecule has 1 heterocycles. The average Bonchev–Trinajstić information content (AvgIpc) is 2.85. The van der Waals surface area contributed by atoms with Gasteiger partial charge in [0.25, 0.3) is 5.91 Å². The Hall–Kier alpha value is -2.26. The Balaban J connectivity index is 1.64. The number of hydrogen-bond acceptors (Lipinski definition) is 5. The van der Waals surface area contributed by atoms with Crippen molar-refractivity contribution in [2.24, 2.45) is 0 Å². The van der Waals surface area contributed by atoms with E-state index in [1.807, 2.05) is 32.0 Å². The Morgan fingerprint density at radius 2 is 1.45 bits per heavy atom. The number of piperazine rings is 1. The molecule has 180 valence electrons. The van der Waals surface area contributed by atoms with Crippen molar-refractivity contribution in [2.45, 2.75) is 38.8 Å². The van der Waals surface area contributed by atoms with E-state index in [1.54, 1.807) is 17.0 Å². The highest BCUT2D eigenvalue weighted by molar-refractivity contribution is 7.89. The van der Waals surface area contributed by atoms with Crippen LogP contribution in [0.25, 0.3) is 0 Å². The molecular formula is C25H36N4O3S. The number of likely N-dealkylation sites (N-methyl/N-ethyl adjacent to an activating group) is 1. The van der Waals surface area contributed by atoms with Gasteiger partial charge in [0.15, 0.2) is 0 Å². The van der Waals surface area contributed by atoms with Crippen molar-refractivity contribution in [3.05, 3.63) is 65.2 Å². The van der Waals surface area contributed by atoms with Crippen LogP contribution in [0.1, 0.15) is 42.3 Å². The highest BCUT2D eigenvalue weighted by atomic mass is 32.2. The molecule has 8 heteroatoms. The summed E-state index contributed by atoms with van der Waals surface area (Å²) in [4.78, 5) is 19.2. The number of sulfonamides is 1. The Kier molecular flexibility index (Phi) is 9.02. The molecule has 1 saturated heterocycles. The number of nitrogens with zero attached hydrogens (tertiary/aromatic N) is 3. The van der Waals surface area contributed by atoms with Crippen LogP contribution in [0.4, 0.5) is 0 Å². The first-order chi connectivity index (χ1) is 15.9. The van der Waals surface area contributed by atoms with Crippen LogP contribution >= 0.6 is 0 Å². The Morgan fingerprint density at radius 1 is 0.879 bits per heavy atom. The first-order valence-corrected chi connectivity index (χ1v) is 13.3. The summed E-state index contributed by atoms with van der Waals surface area (Å²) in [6.07, 6.45) is 0. The molecule has 2 aromatic rings. The van der Waals surface area contributed by atoms with Crippen molar-refractivity contribution < 1.29 is 13.2 Å². The minimum atomic E-state index is -3.69. The van der Waals surface area contributed by atoms with Crippen molar-refractivity contribution in [3.63, 3.8) is 0 Å². The predicted octanol–water partition coefficient (Wildman–Crippen LogP) is 2.78. The Morgan fingerprint density at radius 3 is 2.03 bits per heavy atom. The third kappa shape index (κ3) is 6.63. The smallest absolute Gasteiger partial charge is 0.253 e. The van der Waals surface area contributed by atoms with Crippen LogP contribution < -0.4 is 4.72 Å². The second-order valence-corrected chi connectivity index (χ2v) is 10.1. The fourth-order valence-electron chi connectivity index (χ4n) is 4.11. The van der Waals surface area contributed by atoms with Crippen LogP contribution in [0, 0.1) is 0 Å². The highest BCUT2D eigenvalue weighted by Gasteiger charge is 2.19. The van der Waals surface area contributed by atoms with E-state index in [0.29, 0.717) is 18.7 Å². The SMILES string of the molecule is CCN1CCN(Cc2ccccc2CNS(=O)(=O)c2ccc(C(=O)N(CC)CC)cc2)CC1. The van der Waals surface area contributed by atoms with Crippen LogP contribution in [0.15, 0.2) is 53.4 Å². The van der Waals surface area contributed by atoms with E-state index in [-0.39, 0.29) is 17.3 Å². The molecule has 0 bridgehead atoms. The van der Waals surface area contributed by atoms with Gasteiger partial charge < -0.3 is 9.80 Å². The molecule has 7 nitrogen and oxygen atoms in total. The number of benzene rings is 2. The molecule has 0 aliphatic carbocycles. The largest absolute Gasteiger partial charge is 0.339 e. The first kappa shape index (κ1) is 25.4. The number of carbonyl (C=O) groups is 1. The summed E-state index contributed by atoms with van der Waals surface area (Å²) >= 11 is 0. The lowest BCUT2D eigenvalue weighted by Crippen LogP contribution is -2.45. The van der Waals surface area contributed by atoms with E-state index in [1.165, 1.54) is 12.1 Å². The van der Waals surface area contributed by atoms with Gasteiger partial charge in [-0.15, -0.1) is 0 Å². The van der Waals surface area contributed by atoms with E-state index in [4.69, 9.17) is 0 Å². The third-order valence-electron chi connectivity index (χ3n) is 6.34. The number of amides is 1. The van der Waals surface area contributed by atoms with Gasteiger partial charge in [0, 0.05) is 57.9 Å². The van der Waals surface area contributed by atoms with Crippen LogP contribution in [-0.2, 0) is 23.1 Å². The fourth-order valence-corrected chi connectivity index (χ4v) is 5.12. The zero-order valence-electron chi connectivity index (χ0n) is 20.0. The van der Waals surface area contributed by atoms with Crippen LogP contribution in [-0.4, -0.2) is 74.8 Å². The molecule has 3 rings (SSSR count). The molecule has 1 fully saturated rings. The lowest BCUT2D eigenvalue weighted by Gasteiger charge is -2.34. The van der Waals surface area contributed by atoms with Gasteiger partial charge in [0.1, 0.15) is 0 Å². The molecule has 0 atom stereocenters. The summed E-state index contributed by atoms with van der Waals surface area (Å²) in [6, 6.07) is 14.2. The van der Waals surface area contributed by atoms with E-state index in [2.05, 4.69) is 27.5 Å². The van der Waals surface area contributed by atoms with Crippen molar-refractivity contribution >= 4 is 15.9 Å². The van der Waals surface area contributed by atoms with E-state index >= 15 is 0 Å². The molecule has 1 aliphatic heterocycles. The van der Waals surface area contributed by atoms with Crippen LogP contribution in [0.3, 0.4) is 0 Å². The Labute approximate surface area is 198 Å². The third-order valence-corrected chi connectivity index (χ3v) is 7.76. The van der Waals surface area contributed by atoms with Gasteiger partial charge in [-0.3, -0.25) is 9.69 Å². The van der Waals surface area contributed by atoms with Gasteiger partial charge >= 0.3 is 0 Å². The average molecular weight is 473 g/mol. The summed E-state index contributed by atoms with van der Waals surface area (Å²) in [5.74, 6) is -0.0920. The second-order valence-electron chi connectivity index (χ2n) is 8.31. The molecule has 0 spiro atoms. The van der Waals surface area contributed by atoms with E-state index < -0.39 is 10.0 Å². The molecule has 0 radical (unpaired) electrons. The maximum absolute atomic E-state index is 12.9. The van der Waals surface area contributed by atoms with Crippen molar-refractivity contribution in [3.8, 4) is 0 Å². The summed E-state index contributed by atoms with van der Waals surface area (Å²) in [7, 11) is -3.69. The van der Waals surface area contributed by atoms with Gasteiger partial charge in [-0.1, -0.05) is 31.2 Å². The van der Waals surface area contributed by atoms with Crippen LogP contribution in [0.5, 0.6) is 0 Å². The molecule has 0 aromatic heterocycles. The standard InChI is InChI=1S/C25H36N4O3S/c1-4-27-15-17-28(18-16-27)20-23-10-8-7-9-22(23)19-26-33(31,32)24-13-11-21(12-14-24)25(30)29(5-2)6-3/h7-14,26H,4-6,15-20H2,1-3H3. The minimum absolute atomic E-state index is 0.0920. The molecule has 1 aliphatic rings. The molecule has 1 amide bonds. The summed E-state index contributed by atoms with van der Waals surface area (Å²) in [5.41, 5.74) is 2.61. The van der Waals surface area contributed by atoms with E-state index in [9.17, 15) is 13.2 Å². The number of hydrogen-bond donors (Lipinski definition) is 1. The maximum atomic E-state index is 12.9. The quantitative estimate of drug-likeness (QED) is 0.576. The van der Waals surface area contributed by atoms with Crippen LogP contribution in [0.2, 0.25) is 0 Å². The van der Waals surface area contributed by atoms with Gasteiger partial charge in [-0.25, -0.2) is 13.1 Å². The van der Waals surface area contributed by atoms with Gasteiger partial charge in [-0.05, 0) is 55.8 Å². The first-order valence-electron chi connectivity index (χ1n) is 11.8. The zero-order chi connectivity index (χ0) is 23.8. The summed E-state index contributed by atoms with van der Waals surface area (Å²) in [5, 5.41) is 0. The number of rotatable bonds is 10. The number of nitrogens with one attached hydrogen (secondary N) is 1. The molecule has 0 saturated carbocycles. The molecule has 33 heavy (non-hydrogen) atoms. The van der Waals surface area contributed by atoms with Crippen molar-refractivity contribution in [1.29, 1.82) is 0 Å². The minimum Gasteiger partial charge on any atom is -0.339 e. The normalized spacial score (nSPS) is 15.5. The molecule has 2 aromatic carbocycles. The topological polar surface area (TPSA) is 73.0 Å². The van der Waals surface area contributed by atoms with Gasteiger partial charge in [0.2, 0.25) is 10.0 Å². The molecule has 1 N–H and O–H groups in total. The fraction of sp³-hybridized carbons (Fsp3) is 0.480. The van der Waals surface area contributed by atoms with Crippen molar-refractivity contribution in [1.82, 2.24) is 19.4 Å². The zero-order valence-corrected chi connectivity index (χ0v) is 20.8. The molecular weight excluding hydrogens is 436 g/mol. The monoisotopic (exact) mass is 472 g/mol. The number of carbonyl (C=O) groups excluding carboxylic acids is 1. The summed E-state index contributed by atoms with van der Waals surface area (Å²) in [6.45, 7) is 13.6. The van der Waals surface area contributed by atoms with Gasteiger partial charge in [0.05, 0.1) is 4.90 Å². The molecule has 0 unspecified atom stereocenters. The van der Waals surface area contributed by atoms with Crippen molar-refractivity contribution in [2.75, 3.05) is 45.8 Å². The lowest BCUT2D eigenvalue weighted by molar-refractivity contribution is 0.0773. The lowest BCUT2D eigenvalue weighted by atomic mass is 10.1. The maximum Gasteiger partial charge on any atom is 0.253 e. The second kappa shape index (κ2) is 11.7. The highest BCUT2D eigenvalue weighted by Crippen LogP contribution is 2.16. The van der Waals surface area contributed by atoms with Gasteiger partial charge in [-0.2, -0.15) is 0 Å². The predicted molar refractivity (Wildman–Crippen MR) is 132 cm³/mol. The summed E-state index contributed by atoms with van der Waals surface area (Å²) < 4.78 is 28.5.